The summed E-state index contributed by atoms with van der Waals surface area (Å²) < 4.78 is 80.3. The molecule has 0 unspecified atom stereocenters. The Kier molecular flexibility index (Phi) is 7.61. The molecule has 0 bridgehead atoms. The number of pyridine rings is 1. The number of nitrogens with two attached hydrogens (primary N) is 1. The van der Waals surface area contributed by atoms with Crippen molar-refractivity contribution in [2.24, 2.45) is 11.7 Å². The lowest BCUT2D eigenvalue weighted by molar-refractivity contribution is -0.286. The smallest absolute Gasteiger partial charge is 0.494 e. The van der Waals surface area contributed by atoms with Gasteiger partial charge in [0.2, 0.25) is 11.7 Å². The van der Waals surface area contributed by atoms with Crippen LogP contribution < -0.4 is 30.0 Å². The molecule has 2 fully saturated rings. The number of fused-ring (bicyclic) bond motifs is 2. The number of hydrogen-bond donors (Lipinski definition) is 3. The van der Waals surface area contributed by atoms with Crippen LogP contribution >= 0.6 is 0 Å². The van der Waals surface area contributed by atoms with Crippen LogP contribution in [0.15, 0.2) is 36.5 Å². The summed E-state index contributed by atoms with van der Waals surface area (Å²) in [6.45, 7) is 1.10. The molecule has 7 rings (SSSR count). The molecule has 2 aromatic heterocycles. The lowest BCUT2D eigenvalue weighted by Crippen LogP contribution is -2.44. The molecular formula is C33H31F4N5O7. The molecule has 49 heavy (non-hydrogen) atoms. The Morgan fingerprint density at radius 3 is 2.55 bits per heavy atom. The number of halogens is 4. The van der Waals surface area contributed by atoms with E-state index in [1.165, 1.54) is 48.3 Å². The number of carbonyl (C=O) groups is 2. The highest BCUT2D eigenvalue weighted by Crippen LogP contribution is 2.50. The first kappa shape index (κ1) is 32.4. The normalized spacial score (nSPS) is 18.2. The summed E-state index contributed by atoms with van der Waals surface area (Å²) in [6.07, 6.45) is -1.50. The third-order valence-corrected chi connectivity index (χ3v) is 8.81. The molecule has 3 aliphatic rings. The lowest BCUT2D eigenvalue weighted by atomic mass is 9.89. The lowest BCUT2D eigenvalue weighted by Gasteiger charge is -2.30. The fourth-order valence-electron chi connectivity index (χ4n) is 6.03. The van der Waals surface area contributed by atoms with Gasteiger partial charge in [-0.15, -0.1) is 8.78 Å². The van der Waals surface area contributed by atoms with Crippen LogP contribution in [0.3, 0.4) is 0 Å². The van der Waals surface area contributed by atoms with E-state index in [0.717, 1.165) is 0 Å². The van der Waals surface area contributed by atoms with E-state index in [1.807, 2.05) is 0 Å². The number of amides is 2. The molecule has 0 radical (unpaired) electrons. The third-order valence-electron chi connectivity index (χ3n) is 8.81. The molecule has 0 spiro atoms. The number of carbonyl (C=O) groups excluding carboxylic acids is 2. The number of rotatable bonds is 12. The number of ether oxygens (including phenoxy) is 4. The van der Waals surface area contributed by atoms with Crippen molar-refractivity contribution in [1.29, 1.82) is 0 Å². The molecule has 16 heteroatoms. The monoisotopic (exact) mass is 685 g/mol. The van der Waals surface area contributed by atoms with E-state index in [4.69, 9.17) is 15.2 Å². The van der Waals surface area contributed by atoms with Crippen LogP contribution in [0.1, 0.15) is 54.2 Å². The summed E-state index contributed by atoms with van der Waals surface area (Å²) in [5, 5.41) is 19.6. The van der Waals surface area contributed by atoms with Gasteiger partial charge in [-0.1, -0.05) is 0 Å². The van der Waals surface area contributed by atoms with Crippen LogP contribution in [-0.2, 0) is 22.6 Å². The van der Waals surface area contributed by atoms with Gasteiger partial charge in [-0.2, -0.15) is 5.10 Å². The molecule has 3 heterocycles. The van der Waals surface area contributed by atoms with E-state index in [1.54, 1.807) is 6.92 Å². The summed E-state index contributed by atoms with van der Waals surface area (Å²) >= 11 is 0. The van der Waals surface area contributed by atoms with E-state index in [-0.39, 0.29) is 52.0 Å². The van der Waals surface area contributed by atoms with E-state index in [0.29, 0.717) is 36.6 Å². The minimum absolute atomic E-state index is 0.00379. The zero-order valence-electron chi connectivity index (χ0n) is 26.3. The van der Waals surface area contributed by atoms with Crippen molar-refractivity contribution in [3.8, 4) is 34.3 Å². The van der Waals surface area contributed by atoms with Gasteiger partial charge in [-0.05, 0) is 56.0 Å². The molecule has 2 aromatic carbocycles. The number of aliphatic hydroxyl groups is 1. The Morgan fingerprint density at radius 1 is 1.16 bits per heavy atom. The van der Waals surface area contributed by atoms with Crippen LogP contribution in [0.4, 0.5) is 17.6 Å². The summed E-state index contributed by atoms with van der Waals surface area (Å²) in [5.74, 6) is -5.30. The molecular weight excluding hydrogens is 654 g/mol. The fraction of sp³-hybridized carbons (Fsp3) is 0.394. The Bertz CT molecular complexity index is 2010. The summed E-state index contributed by atoms with van der Waals surface area (Å²) in [5.41, 5.74) is 3.08. The van der Waals surface area contributed by atoms with Gasteiger partial charge in [0.25, 0.3) is 5.91 Å². The first-order valence-electron chi connectivity index (χ1n) is 15.6. The van der Waals surface area contributed by atoms with Crippen LogP contribution in [0.2, 0.25) is 0 Å². The van der Waals surface area contributed by atoms with Gasteiger partial charge in [0.15, 0.2) is 23.1 Å². The number of aromatic nitrogens is 3. The summed E-state index contributed by atoms with van der Waals surface area (Å²) in [7, 11) is 1.39. The van der Waals surface area contributed by atoms with E-state index >= 15 is 4.39 Å². The molecule has 0 saturated heterocycles. The third kappa shape index (κ3) is 5.83. The summed E-state index contributed by atoms with van der Waals surface area (Å²) in [6, 6.07) is 6.68. The number of benzene rings is 2. The molecule has 4 aromatic rings. The van der Waals surface area contributed by atoms with Crippen molar-refractivity contribution in [2.45, 2.75) is 56.7 Å². The minimum atomic E-state index is -3.91. The molecule has 1 atom stereocenters. The highest BCUT2D eigenvalue weighted by atomic mass is 19.3. The minimum Gasteiger partial charge on any atom is -0.494 e. The van der Waals surface area contributed by atoms with Gasteiger partial charge in [0.1, 0.15) is 28.3 Å². The molecule has 2 aliphatic carbocycles. The van der Waals surface area contributed by atoms with Gasteiger partial charge < -0.3 is 35.1 Å². The van der Waals surface area contributed by atoms with Crippen LogP contribution in [0.5, 0.6) is 23.0 Å². The number of primary amides is 1. The Labute approximate surface area is 276 Å². The SMILES string of the molecule is CCOc1c(-c2ccc3c(c2)OC(F)(F)O3)nc([C@@](O)(CNC(=O)c2cc(OC)c3nn(C4(F)CC4)cc3c2)C2CC2)c(F)c1CC(N)=O. The highest BCUT2D eigenvalue weighted by molar-refractivity contribution is 6.00. The number of nitrogens with zero attached hydrogens (tertiary/aromatic N) is 3. The first-order chi connectivity index (χ1) is 23.2. The van der Waals surface area contributed by atoms with Gasteiger partial charge in [0.05, 0.1) is 26.7 Å². The fourth-order valence-corrected chi connectivity index (χ4v) is 6.03. The predicted octanol–water partition coefficient (Wildman–Crippen LogP) is 4.44. The summed E-state index contributed by atoms with van der Waals surface area (Å²) in [4.78, 5) is 30.1. The van der Waals surface area contributed by atoms with Gasteiger partial charge in [-0.3, -0.25) is 9.59 Å². The predicted molar refractivity (Wildman–Crippen MR) is 163 cm³/mol. The number of hydrogen-bond acceptors (Lipinski definition) is 9. The number of nitrogens with one attached hydrogen (secondary N) is 1. The van der Waals surface area contributed by atoms with Gasteiger partial charge in [-0.25, -0.2) is 18.4 Å². The zero-order valence-corrected chi connectivity index (χ0v) is 26.3. The quantitative estimate of drug-likeness (QED) is 0.183. The zero-order chi connectivity index (χ0) is 34.9. The highest BCUT2D eigenvalue weighted by Gasteiger charge is 2.50. The van der Waals surface area contributed by atoms with Crippen molar-refractivity contribution < 1.29 is 51.2 Å². The second kappa shape index (κ2) is 11.5. The average molecular weight is 686 g/mol. The van der Waals surface area contributed by atoms with Crippen LogP contribution in [-0.4, -0.2) is 58.2 Å². The first-order valence-corrected chi connectivity index (χ1v) is 15.6. The molecule has 258 valence electrons. The maximum Gasteiger partial charge on any atom is 0.586 e. The standard InChI is InChI=1S/C33H31F4N5O7/c1-3-47-28-20(13-24(38)43)25(34)29(40-27(28)16-4-7-21-22(11-16)49-33(36,37)48-21)32(45,19-5-6-19)15-39-30(44)17-10-18-14-42(31(35)8-9-31)41-26(18)23(12-17)46-2/h4,7,10-12,14,19,45H,3,5-6,8-9,13,15H2,1-2H3,(H2,38,43)(H,39,44)/t32-/m1/s1. The topological polar surface area (TPSA) is 160 Å². The average Bonchev–Trinajstić information content (AvgIpc) is 3.97. The molecule has 12 nitrogen and oxygen atoms in total. The van der Waals surface area contributed by atoms with Gasteiger partial charge >= 0.3 is 6.29 Å². The second-order valence-electron chi connectivity index (χ2n) is 12.3. The van der Waals surface area contributed by atoms with Crippen LogP contribution in [0, 0.1) is 11.7 Å². The Hall–Kier alpha value is -5.12. The van der Waals surface area contributed by atoms with E-state index < -0.39 is 59.9 Å². The number of methoxy groups -OCH3 is 1. The molecule has 1 aliphatic heterocycles. The van der Waals surface area contributed by atoms with Gasteiger partial charge in [0, 0.05) is 41.1 Å². The Morgan fingerprint density at radius 2 is 1.90 bits per heavy atom. The Balaban J connectivity index is 1.27. The van der Waals surface area contributed by atoms with Crippen molar-refractivity contribution in [1.82, 2.24) is 20.1 Å². The van der Waals surface area contributed by atoms with Crippen molar-refractivity contribution in [2.75, 3.05) is 20.3 Å². The van der Waals surface area contributed by atoms with Crippen molar-refractivity contribution >= 4 is 22.7 Å². The maximum absolute atomic E-state index is 16.5. The van der Waals surface area contributed by atoms with Crippen LogP contribution in [0.25, 0.3) is 22.2 Å². The number of alkyl halides is 3. The largest absolute Gasteiger partial charge is 0.586 e. The molecule has 2 amide bonds. The van der Waals surface area contributed by atoms with Crippen molar-refractivity contribution in [3.63, 3.8) is 0 Å². The van der Waals surface area contributed by atoms with E-state index in [9.17, 15) is 27.9 Å². The molecule has 4 N–H and O–H groups in total. The molecule has 2 saturated carbocycles. The van der Waals surface area contributed by atoms with E-state index in [2.05, 4.69) is 24.9 Å². The maximum atomic E-state index is 16.5. The van der Waals surface area contributed by atoms with Crippen molar-refractivity contribution in [3.05, 3.63) is 59.2 Å². The second-order valence-corrected chi connectivity index (χ2v) is 12.3.